The average molecular weight is 160 g/mol. The first kappa shape index (κ1) is 6.54. The molecule has 2 N–H and O–H groups in total. The Hall–Kier alpha value is -2.16. The standard InChI is InChI=1S/C6H4N6/c7-3-12-5-2-10-11-4(5)1-9-6(12)8/h1-2H,(H2,8,9). The molecule has 2 rings (SSSR count). The molecule has 0 aliphatic carbocycles. The Balaban J connectivity index is 2.84. The zero-order valence-corrected chi connectivity index (χ0v) is 5.97. The highest BCUT2D eigenvalue weighted by molar-refractivity contribution is 5.57. The number of nitriles is 1. The highest BCUT2D eigenvalue weighted by Gasteiger charge is 2.11. The number of hydrogen-bond donors (Lipinski definition) is 1. The molecular weight excluding hydrogens is 156 g/mol. The molecule has 0 atom stereocenters. The number of aromatic nitrogens is 4. The normalized spacial score (nSPS) is 9.92. The molecular formula is C6H4N6. The predicted molar refractivity (Wildman–Crippen MR) is 39.9 cm³/mol. The number of nitrogens with zero attached hydrogens (tertiary/aromatic N) is 5. The van der Waals surface area contributed by atoms with Gasteiger partial charge in [0.05, 0.1) is 12.4 Å². The van der Waals surface area contributed by atoms with E-state index in [1.165, 1.54) is 17.0 Å². The highest BCUT2D eigenvalue weighted by Crippen LogP contribution is 2.17. The number of rotatable bonds is 0. The van der Waals surface area contributed by atoms with Crippen LogP contribution in [0.15, 0.2) is 12.4 Å². The number of nitrogens with two attached hydrogens (primary N) is 1. The van der Waals surface area contributed by atoms with Gasteiger partial charge in [-0.1, -0.05) is 0 Å². The lowest BCUT2D eigenvalue weighted by atomic mass is 10.3. The van der Waals surface area contributed by atoms with Crippen LogP contribution >= 0.6 is 0 Å². The lowest BCUT2D eigenvalue weighted by Crippen LogP contribution is -2.06. The quantitative estimate of drug-likeness (QED) is 0.570. The second-order valence-corrected chi connectivity index (χ2v) is 2.17. The van der Waals surface area contributed by atoms with Gasteiger partial charge in [-0.15, -0.1) is 5.10 Å². The molecule has 0 aromatic rings. The molecule has 2 heterocycles. The van der Waals surface area contributed by atoms with E-state index in [1.807, 2.05) is 6.19 Å². The van der Waals surface area contributed by atoms with Gasteiger partial charge in [0.1, 0.15) is 11.4 Å². The van der Waals surface area contributed by atoms with E-state index in [-0.39, 0.29) is 5.95 Å². The molecule has 12 heavy (non-hydrogen) atoms. The van der Waals surface area contributed by atoms with Gasteiger partial charge < -0.3 is 5.73 Å². The topological polar surface area (TPSA) is 93.4 Å². The molecule has 0 spiro atoms. The van der Waals surface area contributed by atoms with Crippen LogP contribution in [0.4, 0.5) is 5.95 Å². The Morgan fingerprint density at radius 3 is 3.08 bits per heavy atom. The summed E-state index contributed by atoms with van der Waals surface area (Å²) in [5.41, 5.74) is 6.57. The van der Waals surface area contributed by atoms with Gasteiger partial charge in [-0.2, -0.15) is 10.4 Å². The van der Waals surface area contributed by atoms with E-state index in [0.29, 0.717) is 11.4 Å². The van der Waals surface area contributed by atoms with E-state index in [1.54, 1.807) is 0 Å². The minimum absolute atomic E-state index is 0.139. The monoisotopic (exact) mass is 160 g/mol. The molecule has 0 saturated carbocycles. The smallest absolute Gasteiger partial charge is 0.214 e. The van der Waals surface area contributed by atoms with Crippen molar-refractivity contribution in [2.45, 2.75) is 0 Å². The van der Waals surface area contributed by atoms with Crippen LogP contribution < -0.4 is 5.73 Å². The third-order valence-electron chi connectivity index (χ3n) is 1.50. The molecule has 0 fully saturated rings. The van der Waals surface area contributed by atoms with Crippen LogP contribution in [0, 0.1) is 11.5 Å². The van der Waals surface area contributed by atoms with E-state index in [2.05, 4.69) is 15.2 Å². The third kappa shape index (κ3) is 0.703. The first-order valence-corrected chi connectivity index (χ1v) is 3.17. The highest BCUT2D eigenvalue weighted by atomic mass is 15.2. The summed E-state index contributed by atoms with van der Waals surface area (Å²) < 4.78 is 1.18. The Bertz CT molecular complexity index is 424. The van der Waals surface area contributed by atoms with E-state index in [9.17, 15) is 0 Å². The zero-order valence-electron chi connectivity index (χ0n) is 5.97. The Morgan fingerprint density at radius 2 is 2.33 bits per heavy atom. The average Bonchev–Trinajstić information content (AvgIpc) is 2.52. The molecule has 6 heteroatoms. The minimum atomic E-state index is 0.139. The van der Waals surface area contributed by atoms with E-state index >= 15 is 0 Å². The van der Waals surface area contributed by atoms with Crippen LogP contribution in [0.5, 0.6) is 0 Å². The van der Waals surface area contributed by atoms with E-state index in [0.717, 1.165) is 0 Å². The Labute approximate surface area is 67.6 Å². The lowest BCUT2D eigenvalue weighted by Gasteiger charge is -2.02. The molecule has 0 bridgehead atoms. The van der Waals surface area contributed by atoms with Gasteiger partial charge in [0.15, 0.2) is 6.19 Å². The second kappa shape index (κ2) is 2.17. The fourth-order valence-electron chi connectivity index (χ4n) is 0.941. The summed E-state index contributed by atoms with van der Waals surface area (Å²) in [6.07, 6.45) is 4.82. The number of nitrogen functional groups attached to an aromatic ring is 1. The maximum absolute atomic E-state index is 8.67. The van der Waals surface area contributed by atoms with Crippen LogP contribution in [-0.4, -0.2) is 19.7 Å². The Morgan fingerprint density at radius 1 is 1.50 bits per heavy atom. The first-order valence-electron chi connectivity index (χ1n) is 3.17. The zero-order chi connectivity index (χ0) is 8.55. The molecule has 0 radical (unpaired) electrons. The Kier molecular flexibility index (Phi) is 1.18. The predicted octanol–water partition coefficient (Wildman–Crippen LogP) is -0.311. The summed E-state index contributed by atoms with van der Waals surface area (Å²) in [6, 6.07) is 0. The van der Waals surface area contributed by atoms with Crippen molar-refractivity contribution in [2.75, 3.05) is 5.73 Å². The molecule has 58 valence electrons. The number of hydrogen-bond acceptors (Lipinski definition) is 5. The van der Waals surface area contributed by atoms with Crippen LogP contribution in [0.25, 0.3) is 11.4 Å². The summed E-state index contributed by atoms with van der Waals surface area (Å²) in [6.45, 7) is 0. The van der Waals surface area contributed by atoms with Gasteiger partial charge >= 0.3 is 0 Å². The second-order valence-electron chi connectivity index (χ2n) is 2.17. The van der Waals surface area contributed by atoms with Crippen molar-refractivity contribution in [3.63, 3.8) is 0 Å². The van der Waals surface area contributed by atoms with Crippen molar-refractivity contribution in [1.82, 2.24) is 19.7 Å². The summed E-state index contributed by atoms with van der Waals surface area (Å²) >= 11 is 0. The lowest BCUT2D eigenvalue weighted by molar-refractivity contribution is 1.02. The number of anilines is 1. The summed E-state index contributed by atoms with van der Waals surface area (Å²) in [7, 11) is 0. The van der Waals surface area contributed by atoms with Gasteiger partial charge in [-0.05, 0) is 0 Å². The van der Waals surface area contributed by atoms with E-state index < -0.39 is 0 Å². The largest absolute Gasteiger partial charge is 0.368 e. The summed E-state index contributed by atoms with van der Waals surface area (Å²) in [5.74, 6) is 0.139. The van der Waals surface area contributed by atoms with E-state index in [4.69, 9.17) is 11.0 Å². The van der Waals surface area contributed by atoms with Crippen LogP contribution in [-0.2, 0) is 0 Å². The maximum atomic E-state index is 8.67. The maximum Gasteiger partial charge on any atom is 0.214 e. The van der Waals surface area contributed by atoms with Crippen LogP contribution in [0.3, 0.4) is 0 Å². The van der Waals surface area contributed by atoms with Crippen molar-refractivity contribution in [3.8, 4) is 17.6 Å². The van der Waals surface area contributed by atoms with Crippen molar-refractivity contribution < 1.29 is 0 Å². The molecule has 0 saturated heterocycles. The minimum Gasteiger partial charge on any atom is -0.368 e. The van der Waals surface area contributed by atoms with Gasteiger partial charge in [0.2, 0.25) is 5.95 Å². The molecule has 2 aliphatic rings. The van der Waals surface area contributed by atoms with Gasteiger partial charge in [0, 0.05) is 0 Å². The third-order valence-corrected chi connectivity index (χ3v) is 1.50. The molecule has 0 aromatic heterocycles. The van der Waals surface area contributed by atoms with Crippen LogP contribution in [0.2, 0.25) is 0 Å². The molecule has 2 aliphatic heterocycles. The van der Waals surface area contributed by atoms with Crippen molar-refractivity contribution in [2.24, 2.45) is 0 Å². The van der Waals surface area contributed by atoms with Crippen LogP contribution in [0.1, 0.15) is 0 Å². The van der Waals surface area contributed by atoms with Crippen molar-refractivity contribution in [1.29, 1.82) is 5.26 Å². The van der Waals surface area contributed by atoms with Crippen molar-refractivity contribution in [3.05, 3.63) is 12.4 Å². The fourth-order valence-corrected chi connectivity index (χ4v) is 0.941. The molecule has 6 nitrogen and oxygen atoms in total. The molecule has 0 amide bonds. The summed E-state index contributed by atoms with van der Waals surface area (Å²) in [5, 5.41) is 16.0. The molecule has 0 aromatic carbocycles. The SMILES string of the molecule is N#Cn1c2cnnc-2cnc1N. The number of fused-ring (bicyclic) bond motifs is 1. The van der Waals surface area contributed by atoms with Gasteiger partial charge in [0.25, 0.3) is 0 Å². The summed E-state index contributed by atoms with van der Waals surface area (Å²) in [4.78, 5) is 3.77. The first-order chi connectivity index (χ1) is 5.83. The van der Waals surface area contributed by atoms with Gasteiger partial charge in [-0.25, -0.2) is 9.55 Å². The van der Waals surface area contributed by atoms with Gasteiger partial charge in [-0.3, -0.25) is 0 Å². The fraction of sp³-hybridized carbons (Fsp3) is 0. The van der Waals surface area contributed by atoms with Crippen molar-refractivity contribution >= 4 is 5.95 Å². The molecule has 0 unspecified atom stereocenters.